The maximum Gasteiger partial charge on any atom is 0.417 e. The van der Waals surface area contributed by atoms with Crippen LogP contribution in [0.15, 0.2) is 22.7 Å². The molecule has 0 radical (unpaired) electrons. The predicted molar refractivity (Wildman–Crippen MR) is 53.4 cm³/mol. The van der Waals surface area contributed by atoms with Gasteiger partial charge in [0.2, 0.25) is 5.91 Å². The van der Waals surface area contributed by atoms with Crippen LogP contribution in [0.25, 0.3) is 0 Å². The fourth-order valence-corrected chi connectivity index (χ4v) is 1.63. The third-order valence-corrected chi connectivity index (χ3v) is 2.47. The summed E-state index contributed by atoms with van der Waals surface area (Å²) in [6.45, 7) is 1.23. The number of carbonyl (C=O) groups is 1. The van der Waals surface area contributed by atoms with E-state index in [4.69, 9.17) is 0 Å². The fraction of sp³-hybridized carbons (Fsp3) is 0.222. The molecule has 0 aliphatic heterocycles. The summed E-state index contributed by atoms with van der Waals surface area (Å²) in [5.74, 6) is -0.421. The van der Waals surface area contributed by atoms with Gasteiger partial charge >= 0.3 is 6.18 Å². The average molecular weight is 282 g/mol. The molecule has 0 saturated carbocycles. The predicted octanol–water partition coefficient (Wildman–Crippen LogP) is 3.43. The smallest absolute Gasteiger partial charge is 0.325 e. The second kappa shape index (κ2) is 4.22. The molecular formula is C9H7BrF3NO. The van der Waals surface area contributed by atoms with Gasteiger partial charge in [-0.15, -0.1) is 0 Å². The molecule has 0 fully saturated rings. The zero-order chi connectivity index (χ0) is 11.6. The van der Waals surface area contributed by atoms with Gasteiger partial charge in [0.25, 0.3) is 0 Å². The van der Waals surface area contributed by atoms with E-state index < -0.39 is 17.6 Å². The Bertz CT molecular complexity index is 389. The minimum absolute atomic E-state index is 0.109. The van der Waals surface area contributed by atoms with Gasteiger partial charge in [0.1, 0.15) is 0 Å². The van der Waals surface area contributed by atoms with Crippen molar-refractivity contribution in [3.8, 4) is 0 Å². The minimum Gasteiger partial charge on any atom is -0.325 e. The van der Waals surface area contributed by atoms with E-state index in [1.165, 1.54) is 19.1 Å². The Labute approximate surface area is 92.6 Å². The first-order valence-corrected chi connectivity index (χ1v) is 4.75. The van der Waals surface area contributed by atoms with Gasteiger partial charge in [-0.1, -0.05) is 6.07 Å². The number of carbonyl (C=O) groups excluding carboxylic acids is 1. The number of hydrogen-bond acceptors (Lipinski definition) is 1. The van der Waals surface area contributed by atoms with Crippen LogP contribution in [-0.2, 0) is 11.0 Å². The summed E-state index contributed by atoms with van der Waals surface area (Å²) < 4.78 is 37.1. The van der Waals surface area contributed by atoms with Gasteiger partial charge in [0.15, 0.2) is 0 Å². The lowest BCUT2D eigenvalue weighted by Gasteiger charge is -2.12. The Kier molecular flexibility index (Phi) is 3.38. The van der Waals surface area contributed by atoms with Crippen molar-refractivity contribution in [1.82, 2.24) is 0 Å². The SMILES string of the molecule is CC(=O)Nc1cccc(C(F)(F)F)c1Br. The number of halogens is 4. The molecule has 0 atom stereocenters. The Morgan fingerprint density at radius 1 is 1.40 bits per heavy atom. The quantitative estimate of drug-likeness (QED) is 0.840. The van der Waals surface area contributed by atoms with E-state index in [0.29, 0.717) is 0 Å². The van der Waals surface area contributed by atoms with Crippen molar-refractivity contribution < 1.29 is 18.0 Å². The van der Waals surface area contributed by atoms with Crippen LogP contribution in [0.4, 0.5) is 18.9 Å². The number of rotatable bonds is 1. The monoisotopic (exact) mass is 281 g/mol. The molecule has 1 aromatic carbocycles. The Morgan fingerprint density at radius 3 is 2.47 bits per heavy atom. The molecule has 0 aliphatic carbocycles. The topological polar surface area (TPSA) is 29.1 Å². The van der Waals surface area contributed by atoms with E-state index in [1.807, 2.05) is 0 Å². The highest BCUT2D eigenvalue weighted by Gasteiger charge is 2.33. The van der Waals surface area contributed by atoms with Crippen LogP contribution in [0, 0.1) is 0 Å². The van der Waals surface area contributed by atoms with Crippen molar-refractivity contribution in [2.24, 2.45) is 0 Å². The minimum atomic E-state index is -4.44. The van der Waals surface area contributed by atoms with E-state index >= 15 is 0 Å². The van der Waals surface area contributed by atoms with Crippen LogP contribution in [0.5, 0.6) is 0 Å². The van der Waals surface area contributed by atoms with Crippen molar-refractivity contribution in [1.29, 1.82) is 0 Å². The molecule has 6 heteroatoms. The van der Waals surface area contributed by atoms with E-state index in [0.717, 1.165) is 6.07 Å². The van der Waals surface area contributed by atoms with Crippen molar-refractivity contribution in [2.45, 2.75) is 13.1 Å². The molecule has 0 aliphatic rings. The molecule has 0 unspecified atom stereocenters. The molecule has 0 saturated heterocycles. The van der Waals surface area contributed by atoms with Crippen LogP contribution in [0.1, 0.15) is 12.5 Å². The standard InChI is InChI=1S/C9H7BrF3NO/c1-5(15)14-7-4-2-3-6(8(7)10)9(11,12)13/h2-4H,1H3,(H,14,15). The number of anilines is 1. The molecular weight excluding hydrogens is 275 g/mol. The summed E-state index contributed by atoms with van der Waals surface area (Å²) >= 11 is 2.81. The van der Waals surface area contributed by atoms with E-state index in [1.54, 1.807) is 0 Å². The number of benzene rings is 1. The number of amides is 1. The number of nitrogens with one attached hydrogen (secondary N) is 1. The highest BCUT2D eigenvalue weighted by atomic mass is 79.9. The summed E-state index contributed by atoms with van der Waals surface area (Å²) in [6, 6.07) is 3.56. The summed E-state index contributed by atoms with van der Waals surface area (Å²) in [5, 5.41) is 2.30. The maximum absolute atomic E-state index is 12.4. The van der Waals surface area contributed by atoms with Crippen LogP contribution in [0.2, 0.25) is 0 Å². The fourth-order valence-electron chi connectivity index (χ4n) is 1.04. The van der Waals surface area contributed by atoms with Crippen molar-refractivity contribution in [3.05, 3.63) is 28.2 Å². The largest absolute Gasteiger partial charge is 0.417 e. The molecule has 0 heterocycles. The molecule has 0 aromatic heterocycles. The van der Waals surface area contributed by atoms with Crippen LogP contribution in [-0.4, -0.2) is 5.91 Å². The number of hydrogen-bond donors (Lipinski definition) is 1. The summed E-state index contributed by atoms with van der Waals surface area (Å²) in [5.41, 5.74) is -0.703. The van der Waals surface area contributed by atoms with Gasteiger partial charge in [-0.2, -0.15) is 13.2 Å². The van der Waals surface area contributed by atoms with Gasteiger partial charge in [0.05, 0.1) is 15.7 Å². The van der Waals surface area contributed by atoms with Crippen LogP contribution < -0.4 is 5.32 Å². The zero-order valence-electron chi connectivity index (χ0n) is 7.65. The van der Waals surface area contributed by atoms with Gasteiger partial charge < -0.3 is 5.32 Å². The first kappa shape index (κ1) is 12.0. The number of alkyl halides is 3. The van der Waals surface area contributed by atoms with E-state index in [9.17, 15) is 18.0 Å². The second-order valence-corrected chi connectivity index (χ2v) is 3.64. The molecule has 82 valence electrons. The van der Waals surface area contributed by atoms with E-state index in [-0.39, 0.29) is 10.2 Å². The van der Waals surface area contributed by atoms with Gasteiger partial charge in [-0.3, -0.25) is 4.79 Å². The molecule has 2 nitrogen and oxygen atoms in total. The molecule has 15 heavy (non-hydrogen) atoms. The zero-order valence-corrected chi connectivity index (χ0v) is 9.24. The lowest BCUT2D eigenvalue weighted by atomic mass is 10.2. The maximum atomic E-state index is 12.4. The summed E-state index contributed by atoms with van der Waals surface area (Å²) in [4.78, 5) is 10.7. The van der Waals surface area contributed by atoms with Crippen LogP contribution >= 0.6 is 15.9 Å². The Morgan fingerprint density at radius 2 is 2.00 bits per heavy atom. The lowest BCUT2D eigenvalue weighted by Crippen LogP contribution is -2.10. The first-order valence-electron chi connectivity index (χ1n) is 3.95. The average Bonchev–Trinajstić information content (AvgIpc) is 2.05. The molecule has 0 spiro atoms. The van der Waals surface area contributed by atoms with Gasteiger partial charge in [-0.25, -0.2) is 0 Å². The molecule has 0 bridgehead atoms. The summed E-state index contributed by atoms with van der Waals surface area (Å²) in [7, 11) is 0. The third-order valence-electron chi connectivity index (χ3n) is 1.61. The highest BCUT2D eigenvalue weighted by Crippen LogP contribution is 2.38. The lowest BCUT2D eigenvalue weighted by molar-refractivity contribution is -0.138. The van der Waals surface area contributed by atoms with Crippen molar-refractivity contribution in [2.75, 3.05) is 5.32 Å². The normalized spacial score (nSPS) is 11.3. The van der Waals surface area contributed by atoms with Gasteiger partial charge in [-0.05, 0) is 28.1 Å². The van der Waals surface area contributed by atoms with Gasteiger partial charge in [0, 0.05) is 6.92 Å². The molecule has 1 amide bonds. The first-order chi connectivity index (χ1) is 6.82. The molecule has 1 N–H and O–H groups in total. The highest BCUT2D eigenvalue weighted by molar-refractivity contribution is 9.10. The Balaban J connectivity index is 3.17. The van der Waals surface area contributed by atoms with Crippen molar-refractivity contribution in [3.63, 3.8) is 0 Å². The van der Waals surface area contributed by atoms with Crippen molar-refractivity contribution >= 4 is 27.5 Å². The van der Waals surface area contributed by atoms with E-state index in [2.05, 4.69) is 21.2 Å². The summed E-state index contributed by atoms with van der Waals surface area (Å²) in [6.07, 6.45) is -4.44. The molecule has 1 rings (SSSR count). The third kappa shape index (κ3) is 2.95. The molecule has 1 aromatic rings. The van der Waals surface area contributed by atoms with Crippen LogP contribution in [0.3, 0.4) is 0 Å². The Hall–Kier alpha value is -1.04. The second-order valence-electron chi connectivity index (χ2n) is 2.85.